The SMILES string of the molecule is O=C1C=NNC1.O=c1cc[nH][nH]1. The fourth-order valence-corrected chi connectivity index (χ4v) is 0.559. The van der Waals surface area contributed by atoms with Crippen molar-refractivity contribution in [3.63, 3.8) is 0 Å². The first kappa shape index (κ1) is 8.25. The van der Waals surface area contributed by atoms with E-state index in [4.69, 9.17) is 0 Å². The lowest BCUT2D eigenvalue weighted by Crippen LogP contribution is -2.07. The van der Waals surface area contributed by atoms with Gasteiger partial charge in [-0.1, -0.05) is 0 Å². The van der Waals surface area contributed by atoms with Crippen LogP contribution in [0.15, 0.2) is 22.2 Å². The highest BCUT2D eigenvalue weighted by atomic mass is 16.1. The monoisotopic (exact) mass is 168 g/mol. The molecule has 0 fully saturated rings. The summed E-state index contributed by atoms with van der Waals surface area (Å²) in [5, 5.41) is 8.25. The highest BCUT2D eigenvalue weighted by Crippen LogP contribution is 1.71. The predicted octanol–water partition coefficient (Wildman–Crippen LogP) is -1.15. The first-order valence-electron chi connectivity index (χ1n) is 3.30. The summed E-state index contributed by atoms with van der Waals surface area (Å²) in [5.41, 5.74) is 2.40. The van der Waals surface area contributed by atoms with Crippen LogP contribution in [-0.4, -0.2) is 28.7 Å². The maximum atomic E-state index is 10.0. The number of hydrazone groups is 1. The van der Waals surface area contributed by atoms with Crippen LogP contribution in [0.1, 0.15) is 0 Å². The largest absolute Gasteiger partial charge is 0.305 e. The van der Waals surface area contributed by atoms with Crippen molar-refractivity contribution in [3.05, 3.63) is 22.6 Å². The molecule has 12 heavy (non-hydrogen) atoms. The van der Waals surface area contributed by atoms with Crippen LogP contribution in [0.4, 0.5) is 0 Å². The van der Waals surface area contributed by atoms with Crippen molar-refractivity contribution in [1.29, 1.82) is 0 Å². The van der Waals surface area contributed by atoms with Gasteiger partial charge < -0.3 is 10.5 Å². The minimum absolute atomic E-state index is 0.0509. The van der Waals surface area contributed by atoms with E-state index in [1.54, 1.807) is 6.20 Å². The Hall–Kier alpha value is -1.85. The molecule has 0 radical (unpaired) electrons. The molecule has 1 aromatic rings. The molecule has 0 amide bonds. The van der Waals surface area contributed by atoms with E-state index < -0.39 is 0 Å². The molecule has 0 spiro atoms. The fraction of sp³-hybridized carbons (Fsp3) is 0.167. The van der Waals surface area contributed by atoms with Crippen molar-refractivity contribution in [2.24, 2.45) is 5.10 Å². The lowest BCUT2D eigenvalue weighted by atomic mass is 10.5. The highest BCUT2D eigenvalue weighted by Gasteiger charge is 1.98. The van der Waals surface area contributed by atoms with Gasteiger partial charge >= 0.3 is 0 Å². The standard InChI is InChI=1S/2C3H4N2O/c6-3-1-4-5-2-3;6-3-1-2-4-5-3/h1,5H,2H2;1-2H,(H2,4,5,6). The Morgan fingerprint density at radius 2 is 2.25 bits per heavy atom. The molecule has 2 rings (SSSR count). The number of carbonyl (C=O) groups is 1. The van der Waals surface area contributed by atoms with Gasteiger partial charge in [0, 0.05) is 12.3 Å². The van der Waals surface area contributed by atoms with Gasteiger partial charge in [-0.15, -0.1) is 0 Å². The average molecular weight is 168 g/mol. The lowest BCUT2D eigenvalue weighted by Gasteiger charge is -1.75. The number of aromatic nitrogens is 2. The molecule has 0 bridgehead atoms. The average Bonchev–Trinajstić information content (AvgIpc) is 2.63. The third-order valence-electron chi connectivity index (χ3n) is 1.07. The molecule has 0 saturated carbocycles. The molecular weight excluding hydrogens is 160 g/mol. The van der Waals surface area contributed by atoms with Crippen LogP contribution in [-0.2, 0) is 4.79 Å². The smallest absolute Gasteiger partial charge is 0.263 e. The first-order chi connectivity index (χ1) is 5.79. The van der Waals surface area contributed by atoms with E-state index in [9.17, 15) is 9.59 Å². The van der Waals surface area contributed by atoms with Gasteiger partial charge in [-0.05, 0) is 0 Å². The highest BCUT2D eigenvalue weighted by molar-refractivity contribution is 6.29. The molecule has 0 aromatic carbocycles. The molecule has 64 valence electrons. The molecule has 3 N–H and O–H groups in total. The van der Waals surface area contributed by atoms with E-state index in [0.717, 1.165) is 0 Å². The molecule has 6 nitrogen and oxygen atoms in total. The maximum absolute atomic E-state index is 10.0. The van der Waals surface area contributed by atoms with Crippen molar-refractivity contribution in [1.82, 2.24) is 15.6 Å². The summed E-state index contributed by atoms with van der Waals surface area (Å²) in [4.78, 5) is 20.0. The summed E-state index contributed by atoms with van der Waals surface area (Å²) in [7, 11) is 0. The van der Waals surface area contributed by atoms with Gasteiger partial charge in [0.15, 0.2) is 5.78 Å². The number of Topliss-reactive ketones (excluding diaryl/α,β-unsaturated/α-hetero) is 1. The summed E-state index contributed by atoms with van der Waals surface area (Å²) >= 11 is 0. The van der Waals surface area contributed by atoms with Crippen molar-refractivity contribution < 1.29 is 4.79 Å². The van der Waals surface area contributed by atoms with Crippen molar-refractivity contribution in [2.75, 3.05) is 6.54 Å². The molecule has 0 atom stereocenters. The third kappa shape index (κ3) is 2.82. The molecule has 1 aliphatic rings. The Balaban J connectivity index is 0.000000120. The van der Waals surface area contributed by atoms with Gasteiger partial charge in [0.2, 0.25) is 0 Å². The van der Waals surface area contributed by atoms with Crippen LogP contribution in [0.2, 0.25) is 0 Å². The molecule has 2 heterocycles. The van der Waals surface area contributed by atoms with Crippen molar-refractivity contribution in [2.45, 2.75) is 0 Å². The number of hydrogen-bond donors (Lipinski definition) is 3. The second kappa shape index (κ2) is 4.12. The molecular formula is C6H8N4O2. The zero-order valence-electron chi connectivity index (χ0n) is 6.20. The Kier molecular flexibility index (Phi) is 2.83. The van der Waals surface area contributed by atoms with Gasteiger partial charge in [-0.3, -0.25) is 14.7 Å². The molecule has 0 unspecified atom stereocenters. The first-order valence-corrected chi connectivity index (χ1v) is 3.30. The van der Waals surface area contributed by atoms with E-state index in [1.807, 2.05) is 0 Å². The number of hydrogen-bond acceptors (Lipinski definition) is 4. The van der Waals surface area contributed by atoms with Crippen LogP contribution < -0.4 is 11.0 Å². The van der Waals surface area contributed by atoms with Crippen LogP contribution in [0.5, 0.6) is 0 Å². The topological polar surface area (TPSA) is 90.1 Å². The van der Waals surface area contributed by atoms with Crippen molar-refractivity contribution >= 4 is 12.0 Å². The van der Waals surface area contributed by atoms with Gasteiger partial charge in [0.1, 0.15) is 0 Å². The lowest BCUT2D eigenvalue weighted by molar-refractivity contribution is -0.111. The maximum Gasteiger partial charge on any atom is 0.263 e. The van der Waals surface area contributed by atoms with Crippen LogP contribution in [0.25, 0.3) is 0 Å². The molecule has 6 heteroatoms. The number of ketones is 1. The third-order valence-corrected chi connectivity index (χ3v) is 1.07. The Morgan fingerprint density at radius 1 is 1.42 bits per heavy atom. The summed E-state index contributed by atoms with van der Waals surface area (Å²) in [6.45, 7) is 0.375. The number of nitrogens with one attached hydrogen (secondary N) is 3. The van der Waals surface area contributed by atoms with E-state index in [2.05, 4.69) is 20.7 Å². The fourth-order valence-electron chi connectivity index (χ4n) is 0.559. The van der Waals surface area contributed by atoms with Crippen molar-refractivity contribution in [3.8, 4) is 0 Å². The molecule has 1 aromatic heterocycles. The Morgan fingerprint density at radius 3 is 2.42 bits per heavy atom. The minimum Gasteiger partial charge on any atom is -0.305 e. The van der Waals surface area contributed by atoms with E-state index in [1.165, 1.54) is 12.3 Å². The normalized spacial score (nSPS) is 13.5. The zero-order valence-corrected chi connectivity index (χ0v) is 6.20. The van der Waals surface area contributed by atoms with Crippen LogP contribution in [0, 0.1) is 0 Å². The number of rotatable bonds is 0. The minimum atomic E-state index is -0.0880. The summed E-state index contributed by atoms with van der Waals surface area (Å²) in [6.07, 6.45) is 2.82. The summed E-state index contributed by atoms with van der Waals surface area (Å²) in [5.74, 6) is 0.0509. The Labute approximate surface area is 67.7 Å². The van der Waals surface area contributed by atoms with Crippen LogP contribution in [0.3, 0.4) is 0 Å². The van der Waals surface area contributed by atoms with E-state index >= 15 is 0 Å². The Bertz CT molecular complexity index is 308. The van der Waals surface area contributed by atoms with E-state index in [-0.39, 0.29) is 11.3 Å². The zero-order chi connectivity index (χ0) is 8.81. The number of nitrogens with zero attached hydrogens (tertiary/aromatic N) is 1. The number of aromatic amines is 2. The van der Waals surface area contributed by atoms with Gasteiger partial charge in [0.05, 0.1) is 12.8 Å². The second-order valence-corrected chi connectivity index (χ2v) is 2.03. The van der Waals surface area contributed by atoms with Crippen LogP contribution >= 0.6 is 0 Å². The summed E-state index contributed by atoms with van der Waals surface area (Å²) < 4.78 is 0. The van der Waals surface area contributed by atoms with Gasteiger partial charge in [-0.25, -0.2) is 0 Å². The molecule has 1 aliphatic heterocycles. The molecule has 0 saturated heterocycles. The van der Waals surface area contributed by atoms with Gasteiger partial charge in [0.25, 0.3) is 5.56 Å². The summed E-state index contributed by atoms with van der Waals surface area (Å²) in [6, 6.07) is 1.42. The second-order valence-electron chi connectivity index (χ2n) is 2.03. The quantitative estimate of drug-likeness (QED) is 0.456. The molecule has 0 aliphatic carbocycles. The number of H-pyrrole nitrogens is 2. The van der Waals surface area contributed by atoms with E-state index in [0.29, 0.717) is 6.54 Å². The predicted molar refractivity (Wildman–Crippen MR) is 42.9 cm³/mol. The van der Waals surface area contributed by atoms with Gasteiger partial charge in [-0.2, -0.15) is 5.10 Å². The number of carbonyl (C=O) groups excluding carboxylic acids is 1.